The fourth-order valence-corrected chi connectivity index (χ4v) is 2.33. The molecule has 0 aliphatic rings. The molecule has 0 fully saturated rings. The predicted octanol–water partition coefficient (Wildman–Crippen LogP) is 2.59. The molecule has 1 atom stereocenters. The maximum absolute atomic E-state index is 5.79. The van der Waals surface area contributed by atoms with Crippen molar-refractivity contribution in [1.82, 2.24) is 9.97 Å². The van der Waals surface area contributed by atoms with Crippen molar-refractivity contribution in [3.63, 3.8) is 0 Å². The van der Waals surface area contributed by atoms with E-state index in [9.17, 15) is 0 Å². The number of hydrogen-bond donors (Lipinski definition) is 2. The van der Waals surface area contributed by atoms with Gasteiger partial charge in [-0.2, -0.15) is 0 Å². The van der Waals surface area contributed by atoms with Gasteiger partial charge in [0.1, 0.15) is 11.6 Å². The number of nitrogens with one attached hydrogen (secondary N) is 1. The molecular formula is C15H21N3O. The summed E-state index contributed by atoms with van der Waals surface area (Å²) in [5, 5.41) is 0. The Morgan fingerprint density at radius 3 is 2.74 bits per heavy atom. The van der Waals surface area contributed by atoms with E-state index in [2.05, 4.69) is 35.9 Å². The van der Waals surface area contributed by atoms with Crippen molar-refractivity contribution in [2.45, 2.75) is 33.2 Å². The lowest BCUT2D eigenvalue weighted by Crippen LogP contribution is -2.18. The van der Waals surface area contributed by atoms with Gasteiger partial charge in [0.25, 0.3) is 0 Å². The van der Waals surface area contributed by atoms with E-state index < -0.39 is 0 Å². The van der Waals surface area contributed by atoms with Crippen LogP contribution in [-0.2, 0) is 6.42 Å². The molecule has 3 N–H and O–H groups in total. The monoisotopic (exact) mass is 259 g/mol. The summed E-state index contributed by atoms with van der Waals surface area (Å²) in [5.74, 6) is 1.80. The highest BCUT2D eigenvalue weighted by atomic mass is 16.5. The second-order valence-electron chi connectivity index (χ2n) is 5.09. The van der Waals surface area contributed by atoms with E-state index in [1.807, 2.05) is 13.1 Å². The lowest BCUT2D eigenvalue weighted by atomic mass is 10.0. The summed E-state index contributed by atoms with van der Waals surface area (Å²) in [7, 11) is 1.69. The average Bonchev–Trinajstić information content (AvgIpc) is 2.75. The SMILES string of the molecule is COc1c(C)cc(C)cc1-c1cnc(CC(C)N)[nH]1. The highest BCUT2D eigenvalue weighted by molar-refractivity contribution is 5.70. The third-order valence-corrected chi connectivity index (χ3v) is 3.06. The Balaban J connectivity index is 2.43. The number of imidazole rings is 1. The van der Waals surface area contributed by atoms with Crippen LogP contribution in [0.2, 0.25) is 0 Å². The number of methoxy groups -OCH3 is 1. The second-order valence-corrected chi connectivity index (χ2v) is 5.09. The van der Waals surface area contributed by atoms with Crippen molar-refractivity contribution in [1.29, 1.82) is 0 Å². The zero-order valence-electron chi connectivity index (χ0n) is 11.9. The Kier molecular flexibility index (Phi) is 3.90. The molecule has 0 bridgehead atoms. The van der Waals surface area contributed by atoms with Crippen LogP contribution < -0.4 is 10.5 Å². The molecule has 19 heavy (non-hydrogen) atoms. The number of nitrogens with two attached hydrogens (primary N) is 1. The van der Waals surface area contributed by atoms with Gasteiger partial charge in [-0.3, -0.25) is 0 Å². The van der Waals surface area contributed by atoms with Crippen molar-refractivity contribution >= 4 is 0 Å². The Bertz CT molecular complexity index is 573. The first-order valence-electron chi connectivity index (χ1n) is 6.46. The first kappa shape index (κ1) is 13.6. The summed E-state index contributed by atoms with van der Waals surface area (Å²) in [4.78, 5) is 7.70. The van der Waals surface area contributed by atoms with Gasteiger partial charge < -0.3 is 15.5 Å². The Hall–Kier alpha value is -1.81. The standard InChI is InChI=1S/C15H21N3O/c1-9-5-10(2)15(19-4)12(6-9)13-8-17-14(18-13)7-11(3)16/h5-6,8,11H,7,16H2,1-4H3,(H,17,18). The Morgan fingerprint density at radius 2 is 2.11 bits per heavy atom. The minimum atomic E-state index is 0.0974. The fourth-order valence-electron chi connectivity index (χ4n) is 2.33. The predicted molar refractivity (Wildman–Crippen MR) is 77.4 cm³/mol. The van der Waals surface area contributed by atoms with E-state index in [0.717, 1.165) is 34.8 Å². The quantitative estimate of drug-likeness (QED) is 0.887. The van der Waals surface area contributed by atoms with Gasteiger partial charge in [-0.15, -0.1) is 0 Å². The van der Waals surface area contributed by atoms with Gasteiger partial charge in [-0.05, 0) is 38.0 Å². The van der Waals surface area contributed by atoms with Crippen molar-refractivity contribution in [2.24, 2.45) is 5.73 Å². The van der Waals surface area contributed by atoms with Crippen LogP contribution in [0.25, 0.3) is 11.3 Å². The summed E-state index contributed by atoms with van der Waals surface area (Å²) in [6, 6.07) is 4.32. The van der Waals surface area contributed by atoms with Crippen LogP contribution in [0.1, 0.15) is 23.9 Å². The van der Waals surface area contributed by atoms with Crippen LogP contribution in [0, 0.1) is 13.8 Å². The van der Waals surface area contributed by atoms with Crippen molar-refractivity contribution < 1.29 is 4.74 Å². The molecule has 0 aliphatic carbocycles. The number of ether oxygens (including phenoxy) is 1. The highest BCUT2D eigenvalue weighted by Crippen LogP contribution is 2.33. The number of aromatic nitrogens is 2. The highest BCUT2D eigenvalue weighted by Gasteiger charge is 2.12. The van der Waals surface area contributed by atoms with Crippen LogP contribution in [0.3, 0.4) is 0 Å². The average molecular weight is 259 g/mol. The van der Waals surface area contributed by atoms with Crippen LogP contribution in [0.5, 0.6) is 5.75 Å². The number of nitrogens with zero attached hydrogens (tertiary/aromatic N) is 1. The van der Waals surface area contributed by atoms with Gasteiger partial charge in [-0.25, -0.2) is 4.98 Å². The molecule has 4 nitrogen and oxygen atoms in total. The van der Waals surface area contributed by atoms with E-state index in [4.69, 9.17) is 10.5 Å². The summed E-state index contributed by atoms with van der Waals surface area (Å²) in [6.45, 7) is 6.10. The molecule has 1 aromatic heterocycles. The molecule has 0 saturated carbocycles. The Morgan fingerprint density at radius 1 is 1.37 bits per heavy atom. The molecule has 4 heteroatoms. The molecule has 1 heterocycles. The minimum Gasteiger partial charge on any atom is -0.496 e. The fraction of sp³-hybridized carbons (Fsp3) is 0.400. The molecule has 1 aromatic carbocycles. The first-order valence-corrected chi connectivity index (χ1v) is 6.46. The van der Waals surface area contributed by atoms with E-state index in [0.29, 0.717) is 0 Å². The smallest absolute Gasteiger partial charge is 0.131 e. The number of aromatic amines is 1. The molecule has 0 amide bonds. The maximum Gasteiger partial charge on any atom is 0.131 e. The summed E-state index contributed by atoms with van der Waals surface area (Å²) in [6.07, 6.45) is 2.58. The zero-order valence-corrected chi connectivity index (χ0v) is 11.9. The lowest BCUT2D eigenvalue weighted by Gasteiger charge is -2.11. The van der Waals surface area contributed by atoms with Crippen LogP contribution in [0.4, 0.5) is 0 Å². The number of benzene rings is 1. The van der Waals surface area contributed by atoms with Gasteiger partial charge in [0.15, 0.2) is 0 Å². The van der Waals surface area contributed by atoms with Gasteiger partial charge in [0.2, 0.25) is 0 Å². The van der Waals surface area contributed by atoms with E-state index >= 15 is 0 Å². The van der Waals surface area contributed by atoms with E-state index in [1.165, 1.54) is 5.56 Å². The third kappa shape index (κ3) is 2.96. The normalized spacial score (nSPS) is 12.5. The lowest BCUT2D eigenvalue weighted by molar-refractivity contribution is 0.413. The largest absolute Gasteiger partial charge is 0.496 e. The molecule has 0 saturated heterocycles. The molecule has 0 spiro atoms. The number of hydrogen-bond acceptors (Lipinski definition) is 3. The minimum absolute atomic E-state index is 0.0974. The van der Waals surface area contributed by atoms with Crippen molar-refractivity contribution in [2.75, 3.05) is 7.11 Å². The topological polar surface area (TPSA) is 63.9 Å². The van der Waals surface area contributed by atoms with Gasteiger partial charge >= 0.3 is 0 Å². The van der Waals surface area contributed by atoms with Gasteiger partial charge in [0, 0.05) is 18.0 Å². The van der Waals surface area contributed by atoms with E-state index in [-0.39, 0.29) is 6.04 Å². The third-order valence-electron chi connectivity index (χ3n) is 3.06. The van der Waals surface area contributed by atoms with Crippen LogP contribution >= 0.6 is 0 Å². The molecule has 2 aromatic rings. The second kappa shape index (κ2) is 5.45. The van der Waals surface area contributed by atoms with Crippen LogP contribution in [-0.4, -0.2) is 23.1 Å². The number of H-pyrrole nitrogens is 1. The summed E-state index contributed by atoms with van der Waals surface area (Å²) in [5.41, 5.74) is 10.1. The maximum atomic E-state index is 5.79. The van der Waals surface area contributed by atoms with Crippen LogP contribution in [0.15, 0.2) is 18.3 Å². The Labute approximate surface area is 114 Å². The van der Waals surface area contributed by atoms with Gasteiger partial charge in [0.05, 0.1) is 19.0 Å². The molecule has 0 radical (unpaired) electrons. The number of rotatable bonds is 4. The molecule has 2 rings (SSSR count). The molecule has 0 aliphatic heterocycles. The van der Waals surface area contributed by atoms with Gasteiger partial charge in [-0.1, -0.05) is 6.07 Å². The molecular weight excluding hydrogens is 238 g/mol. The molecule has 102 valence electrons. The van der Waals surface area contributed by atoms with Crippen molar-refractivity contribution in [3.8, 4) is 17.0 Å². The summed E-state index contributed by atoms with van der Waals surface area (Å²) < 4.78 is 5.50. The molecule has 1 unspecified atom stereocenters. The van der Waals surface area contributed by atoms with Crippen molar-refractivity contribution in [3.05, 3.63) is 35.3 Å². The zero-order chi connectivity index (χ0) is 14.0. The number of aryl methyl sites for hydroxylation is 2. The first-order chi connectivity index (χ1) is 9.01. The summed E-state index contributed by atoms with van der Waals surface area (Å²) >= 11 is 0. The van der Waals surface area contributed by atoms with E-state index in [1.54, 1.807) is 7.11 Å².